The van der Waals surface area contributed by atoms with E-state index in [1.54, 1.807) is 6.92 Å². The zero-order valence-electron chi connectivity index (χ0n) is 10.8. The van der Waals surface area contributed by atoms with Crippen LogP contribution >= 0.6 is 0 Å². The van der Waals surface area contributed by atoms with E-state index in [1.165, 1.54) is 0 Å². The normalized spacial score (nSPS) is 13.2. The van der Waals surface area contributed by atoms with Crippen LogP contribution in [-0.2, 0) is 14.8 Å². The number of carbonyl (C=O) groups is 1. The first-order valence-electron chi connectivity index (χ1n) is 5.92. The molecule has 1 atom stereocenters. The predicted molar refractivity (Wildman–Crippen MR) is 67.6 cm³/mol. The van der Waals surface area contributed by atoms with Crippen molar-refractivity contribution in [2.45, 2.75) is 24.7 Å². The topological polar surface area (TPSA) is 83.5 Å². The second-order valence-corrected chi connectivity index (χ2v) is 6.10. The number of carboxylic acids is 1. The van der Waals surface area contributed by atoms with Gasteiger partial charge in [-0.1, -0.05) is 13.3 Å². The lowest BCUT2D eigenvalue weighted by Gasteiger charge is -2.13. The molecule has 8 heteroatoms. The minimum Gasteiger partial charge on any atom is -0.481 e. The number of sulfonamides is 1. The van der Waals surface area contributed by atoms with Gasteiger partial charge in [-0.05, 0) is 18.1 Å². The minimum absolute atomic E-state index is 0.108. The molecule has 1 unspecified atom stereocenters. The van der Waals surface area contributed by atoms with Crippen LogP contribution in [0.5, 0.6) is 0 Å². The number of carboxylic acid groups (broad SMARTS) is 1. The van der Waals surface area contributed by atoms with Gasteiger partial charge in [0.2, 0.25) is 10.0 Å². The first-order valence-corrected chi connectivity index (χ1v) is 7.40. The first-order chi connectivity index (χ1) is 9.24. The molecule has 0 saturated carbocycles. The third-order valence-corrected chi connectivity index (χ3v) is 4.15. The van der Waals surface area contributed by atoms with E-state index < -0.39 is 32.5 Å². The molecule has 2 N–H and O–H groups in total. The number of aliphatic carboxylic acids is 1. The molecule has 0 aliphatic heterocycles. The zero-order chi connectivity index (χ0) is 15.3. The summed E-state index contributed by atoms with van der Waals surface area (Å²) in [7, 11) is -4.07. The Morgan fingerprint density at radius 1 is 1.30 bits per heavy atom. The number of benzene rings is 1. The fourth-order valence-electron chi connectivity index (χ4n) is 1.60. The van der Waals surface area contributed by atoms with Crippen molar-refractivity contribution in [1.29, 1.82) is 0 Å². The molecule has 0 saturated heterocycles. The highest BCUT2D eigenvalue weighted by Crippen LogP contribution is 2.14. The summed E-state index contributed by atoms with van der Waals surface area (Å²) in [5.74, 6) is -3.42. The smallest absolute Gasteiger partial charge is 0.303 e. The van der Waals surface area contributed by atoms with Crippen LogP contribution in [0.4, 0.5) is 8.78 Å². The Morgan fingerprint density at radius 2 is 1.85 bits per heavy atom. The van der Waals surface area contributed by atoms with E-state index in [2.05, 4.69) is 4.72 Å². The Bertz CT molecular complexity index is 569. The Balaban J connectivity index is 2.81. The molecule has 0 aromatic heterocycles. The van der Waals surface area contributed by atoms with Gasteiger partial charge < -0.3 is 5.11 Å². The molecular weight excluding hydrogens is 292 g/mol. The maximum absolute atomic E-state index is 13.0. The Morgan fingerprint density at radius 3 is 2.30 bits per heavy atom. The molecule has 20 heavy (non-hydrogen) atoms. The van der Waals surface area contributed by atoms with Crippen molar-refractivity contribution >= 4 is 16.0 Å². The molecule has 0 radical (unpaired) electrons. The van der Waals surface area contributed by atoms with E-state index in [0.29, 0.717) is 24.6 Å². The monoisotopic (exact) mass is 307 g/mol. The van der Waals surface area contributed by atoms with Crippen molar-refractivity contribution in [2.24, 2.45) is 5.92 Å². The van der Waals surface area contributed by atoms with Crippen LogP contribution in [0.2, 0.25) is 0 Å². The predicted octanol–water partition coefficient (Wildman–Crippen LogP) is 1.74. The Labute approximate surface area is 115 Å². The van der Waals surface area contributed by atoms with Crippen molar-refractivity contribution in [3.05, 3.63) is 29.8 Å². The Hall–Kier alpha value is -1.54. The zero-order valence-corrected chi connectivity index (χ0v) is 11.6. The fraction of sp³-hybridized carbons (Fsp3) is 0.417. The van der Waals surface area contributed by atoms with E-state index in [0.717, 1.165) is 0 Å². The lowest BCUT2D eigenvalue weighted by Crippen LogP contribution is -2.30. The largest absolute Gasteiger partial charge is 0.481 e. The van der Waals surface area contributed by atoms with Gasteiger partial charge in [-0.3, -0.25) is 4.79 Å². The van der Waals surface area contributed by atoms with Gasteiger partial charge in [0.15, 0.2) is 0 Å². The van der Waals surface area contributed by atoms with Crippen molar-refractivity contribution in [1.82, 2.24) is 4.72 Å². The van der Waals surface area contributed by atoms with E-state index in [9.17, 15) is 22.0 Å². The van der Waals surface area contributed by atoms with Crippen molar-refractivity contribution in [2.75, 3.05) is 6.54 Å². The van der Waals surface area contributed by atoms with Crippen LogP contribution in [0.25, 0.3) is 0 Å². The van der Waals surface area contributed by atoms with Gasteiger partial charge in [0, 0.05) is 19.0 Å². The molecule has 112 valence electrons. The lowest BCUT2D eigenvalue weighted by atomic mass is 10.0. The molecule has 1 rings (SSSR count). The maximum atomic E-state index is 13.0. The van der Waals surface area contributed by atoms with Gasteiger partial charge in [-0.25, -0.2) is 21.9 Å². The molecule has 0 amide bonds. The van der Waals surface area contributed by atoms with Crippen molar-refractivity contribution in [3.8, 4) is 0 Å². The molecule has 1 aromatic rings. The van der Waals surface area contributed by atoms with Gasteiger partial charge in [0.1, 0.15) is 11.6 Å². The minimum atomic E-state index is -4.07. The van der Waals surface area contributed by atoms with Gasteiger partial charge >= 0.3 is 5.97 Å². The second-order valence-electron chi connectivity index (χ2n) is 4.33. The molecule has 0 aliphatic carbocycles. The van der Waals surface area contributed by atoms with Crippen LogP contribution in [0.15, 0.2) is 23.1 Å². The average molecular weight is 307 g/mol. The number of nitrogens with one attached hydrogen (secondary N) is 1. The first kappa shape index (κ1) is 16.5. The van der Waals surface area contributed by atoms with Crippen LogP contribution in [0.1, 0.15) is 19.8 Å². The molecule has 0 heterocycles. The molecule has 5 nitrogen and oxygen atoms in total. The number of hydrogen-bond donors (Lipinski definition) is 2. The summed E-state index contributed by atoms with van der Waals surface area (Å²) < 4.78 is 51.8. The fourth-order valence-corrected chi connectivity index (χ4v) is 2.76. The van der Waals surface area contributed by atoms with Crippen LogP contribution in [-0.4, -0.2) is 26.0 Å². The highest BCUT2D eigenvalue weighted by molar-refractivity contribution is 7.89. The highest BCUT2D eigenvalue weighted by Gasteiger charge is 2.19. The van der Waals surface area contributed by atoms with Crippen LogP contribution in [0.3, 0.4) is 0 Å². The second kappa shape index (κ2) is 6.76. The molecular formula is C12H15F2NO4S. The molecule has 0 spiro atoms. The Kier molecular flexibility index (Phi) is 5.58. The molecule has 0 aliphatic rings. The van der Waals surface area contributed by atoms with E-state index >= 15 is 0 Å². The maximum Gasteiger partial charge on any atom is 0.303 e. The number of rotatable bonds is 7. The van der Waals surface area contributed by atoms with Gasteiger partial charge in [0.25, 0.3) is 0 Å². The molecule has 0 fully saturated rings. The highest BCUT2D eigenvalue weighted by atomic mass is 32.2. The SMILES string of the molecule is CCC(CNS(=O)(=O)c1cc(F)cc(F)c1)CC(=O)O. The quantitative estimate of drug-likeness (QED) is 0.804. The van der Waals surface area contributed by atoms with Crippen molar-refractivity contribution in [3.63, 3.8) is 0 Å². The van der Waals surface area contributed by atoms with E-state index in [4.69, 9.17) is 5.11 Å². The van der Waals surface area contributed by atoms with Crippen LogP contribution < -0.4 is 4.72 Å². The number of hydrogen-bond acceptors (Lipinski definition) is 3. The van der Waals surface area contributed by atoms with E-state index in [1.807, 2.05) is 0 Å². The molecule has 1 aromatic carbocycles. The summed E-state index contributed by atoms with van der Waals surface area (Å²) in [5, 5.41) is 8.66. The van der Waals surface area contributed by atoms with E-state index in [-0.39, 0.29) is 18.9 Å². The summed E-state index contributed by atoms with van der Waals surface area (Å²) in [5.41, 5.74) is 0. The molecule has 0 bridgehead atoms. The van der Waals surface area contributed by atoms with Gasteiger partial charge in [0.05, 0.1) is 4.90 Å². The third kappa shape index (κ3) is 4.86. The summed E-state index contributed by atoms with van der Waals surface area (Å²) in [6.45, 7) is 1.62. The standard InChI is InChI=1S/C12H15F2NO4S/c1-2-8(3-12(16)17)7-15-20(18,19)11-5-9(13)4-10(14)6-11/h4-6,8,15H,2-3,7H2,1H3,(H,16,17). The van der Waals surface area contributed by atoms with Gasteiger partial charge in [-0.2, -0.15) is 0 Å². The lowest BCUT2D eigenvalue weighted by molar-refractivity contribution is -0.138. The van der Waals surface area contributed by atoms with Gasteiger partial charge in [-0.15, -0.1) is 0 Å². The summed E-state index contributed by atoms with van der Waals surface area (Å²) in [6, 6.07) is 1.96. The number of halogens is 2. The summed E-state index contributed by atoms with van der Waals surface area (Å²) in [6.07, 6.45) is 0.281. The van der Waals surface area contributed by atoms with Crippen molar-refractivity contribution < 1.29 is 27.1 Å². The summed E-state index contributed by atoms with van der Waals surface area (Å²) in [4.78, 5) is 10.0. The van der Waals surface area contributed by atoms with Crippen LogP contribution in [0, 0.1) is 17.6 Å². The third-order valence-electron chi connectivity index (χ3n) is 2.75. The average Bonchev–Trinajstić information content (AvgIpc) is 2.32. The summed E-state index contributed by atoms with van der Waals surface area (Å²) >= 11 is 0.